The van der Waals surface area contributed by atoms with Gasteiger partial charge in [-0.05, 0) is 42.5 Å². The maximum Gasteiger partial charge on any atom is 0.416 e. The number of hydrogen-bond donors (Lipinski definition) is 0. The highest BCUT2D eigenvalue weighted by atomic mass is 19.4. The van der Waals surface area contributed by atoms with E-state index in [-0.39, 0.29) is 0 Å². The summed E-state index contributed by atoms with van der Waals surface area (Å²) in [6.45, 7) is 4.22. The van der Waals surface area contributed by atoms with Gasteiger partial charge in [0, 0.05) is 48.7 Å². The quantitative estimate of drug-likeness (QED) is 0.504. The lowest BCUT2D eigenvalue weighted by Gasteiger charge is -2.35. The van der Waals surface area contributed by atoms with Crippen molar-refractivity contribution in [3.63, 3.8) is 0 Å². The van der Waals surface area contributed by atoms with Crippen LogP contribution < -0.4 is 4.90 Å². The molecule has 0 radical (unpaired) electrons. The molecule has 2 aromatic carbocycles. The number of benzene rings is 2. The van der Waals surface area contributed by atoms with Gasteiger partial charge in [0.25, 0.3) is 0 Å². The van der Waals surface area contributed by atoms with Crippen molar-refractivity contribution in [1.82, 2.24) is 9.88 Å². The smallest absolute Gasteiger partial charge is 0.379 e. The van der Waals surface area contributed by atoms with Gasteiger partial charge in [0.05, 0.1) is 36.6 Å². The Morgan fingerprint density at radius 1 is 1.03 bits per heavy atom. The first-order valence-electron chi connectivity index (χ1n) is 11.5. The van der Waals surface area contributed by atoms with Gasteiger partial charge in [-0.25, -0.2) is 4.99 Å². The highest BCUT2D eigenvalue weighted by Gasteiger charge is 2.31. The van der Waals surface area contributed by atoms with Gasteiger partial charge in [0.2, 0.25) is 6.35 Å². The van der Waals surface area contributed by atoms with Crippen LogP contribution in [0, 0.1) is 0 Å². The number of halogens is 3. The summed E-state index contributed by atoms with van der Waals surface area (Å²) in [5, 5.41) is 1.00. The molecule has 0 aliphatic carbocycles. The number of fused-ring (bicyclic) bond motifs is 1. The average Bonchev–Trinajstić information content (AvgIpc) is 2.88. The number of anilines is 1. The molecule has 0 bridgehead atoms. The van der Waals surface area contributed by atoms with Gasteiger partial charge in [-0.3, -0.25) is 14.8 Å². The van der Waals surface area contributed by atoms with Crippen LogP contribution in [0.25, 0.3) is 16.6 Å². The van der Waals surface area contributed by atoms with Crippen LogP contribution in [0.4, 0.5) is 18.9 Å². The Bertz CT molecular complexity index is 1220. The van der Waals surface area contributed by atoms with Gasteiger partial charge in [0.1, 0.15) is 0 Å². The van der Waals surface area contributed by atoms with E-state index in [2.05, 4.69) is 14.9 Å². The Morgan fingerprint density at radius 2 is 1.83 bits per heavy atom. The van der Waals surface area contributed by atoms with Gasteiger partial charge in [0.15, 0.2) is 0 Å². The summed E-state index contributed by atoms with van der Waals surface area (Å²) in [5.74, 6) is 0. The first kappa shape index (κ1) is 23.5. The summed E-state index contributed by atoms with van der Waals surface area (Å²) in [4.78, 5) is 13.0. The average molecular weight is 483 g/mol. The van der Waals surface area contributed by atoms with Crippen LogP contribution in [0.3, 0.4) is 0 Å². The monoisotopic (exact) mass is 482 g/mol. The highest BCUT2D eigenvalue weighted by molar-refractivity contribution is 5.95. The lowest BCUT2D eigenvalue weighted by molar-refractivity contribution is -0.137. The molecule has 1 saturated heterocycles. The van der Waals surface area contributed by atoms with Crippen LogP contribution in [-0.4, -0.2) is 61.9 Å². The first-order chi connectivity index (χ1) is 17.0. The fourth-order valence-electron chi connectivity index (χ4n) is 4.22. The normalized spacial score (nSPS) is 19.2. The highest BCUT2D eigenvalue weighted by Crippen LogP contribution is 2.35. The number of hydrogen-bond acceptors (Lipinski definition) is 6. The summed E-state index contributed by atoms with van der Waals surface area (Å²) in [6.07, 6.45) is 0.123. The zero-order chi connectivity index (χ0) is 24.3. The second-order valence-electron chi connectivity index (χ2n) is 8.33. The van der Waals surface area contributed by atoms with Gasteiger partial charge in [-0.1, -0.05) is 18.2 Å². The minimum atomic E-state index is -4.41. The van der Waals surface area contributed by atoms with Crippen molar-refractivity contribution in [3.05, 3.63) is 78.0 Å². The van der Waals surface area contributed by atoms with Crippen molar-refractivity contribution in [2.75, 3.05) is 44.4 Å². The molecular formula is C26H25F3N4O2. The van der Waals surface area contributed by atoms with Gasteiger partial charge >= 0.3 is 6.18 Å². The van der Waals surface area contributed by atoms with E-state index in [4.69, 9.17) is 9.47 Å². The number of pyridine rings is 1. The molecule has 1 fully saturated rings. The molecule has 182 valence electrons. The fraction of sp³-hybridized carbons (Fsp3) is 0.308. The van der Waals surface area contributed by atoms with Crippen molar-refractivity contribution in [2.24, 2.45) is 4.99 Å². The fourth-order valence-corrected chi connectivity index (χ4v) is 4.22. The Morgan fingerprint density at radius 3 is 2.60 bits per heavy atom. The van der Waals surface area contributed by atoms with Crippen LogP contribution >= 0.6 is 0 Å². The van der Waals surface area contributed by atoms with Crippen LogP contribution in [-0.2, 0) is 15.7 Å². The molecule has 9 heteroatoms. The Hall–Kier alpha value is -3.27. The second kappa shape index (κ2) is 10.2. The molecule has 2 aliphatic rings. The van der Waals surface area contributed by atoms with Crippen LogP contribution in [0.5, 0.6) is 0 Å². The SMILES string of the molecule is FC(F)(F)c1ccc(N2C(c3ccc4cccnc4c3)=CC=NC2OCCN2CCOCC2)cc1. The number of rotatable bonds is 6. The number of aliphatic imine (C=N–C) groups is 1. The van der Waals surface area contributed by atoms with Crippen molar-refractivity contribution >= 4 is 28.5 Å². The van der Waals surface area contributed by atoms with Crippen molar-refractivity contribution in [1.29, 1.82) is 0 Å². The molecule has 0 amide bonds. The molecule has 0 N–H and O–H groups in total. The molecule has 6 nitrogen and oxygen atoms in total. The number of alkyl halides is 3. The molecule has 3 heterocycles. The van der Waals surface area contributed by atoms with Gasteiger partial charge < -0.3 is 9.47 Å². The minimum Gasteiger partial charge on any atom is -0.379 e. The molecule has 1 unspecified atom stereocenters. The van der Waals surface area contributed by atoms with Crippen LogP contribution in [0.15, 0.2) is 71.9 Å². The Labute approximate surface area is 201 Å². The molecule has 35 heavy (non-hydrogen) atoms. The summed E-state index contributed by atoms with van der Waals surface area (Å²) >= 11 is 0. The first-order valence-corrected chi connectivity index (χ1v) is 11.5. The van der Waals surface area contributed by atoms with E-state index in [0.717, 1.165) is 53.9 Å². The lowest BCUT2D eigenvalue weighted by Crippen LogP contribution is -2.41. The molecule has 5 rings (SSSR count). The third-order valence-corrected chi connectivity index (χ3v) is 6.08. The van der Waals surface area contributed by atoms with Crippen molar-refractivity contribution in [2.45, 2.75) is 12.5 Å². The van der Waals surface area contributed by atoms with E-state index >= 15 is 0 Å². The van der Waals surface area contributed by atoms with E-state index in [9.17, 15) is 13.2 Å². The van der Waals surface area contributed by atoms with Gasteiger partial charge in [-0.15, -0.1) is 0 Å². The predicted molar refractivity (Wildman–Crippen MR) is 129 cm³/mol. The van der Waals surface area contributed by atoms with E-state index in [1.165, 1.54) is 12.1 Å². The number of nitrogens with zero attached hydrogens (tertiary/aromatic N) is 4. The van der Waals surface area contributed by atoms with E-state index in [1.54, 1.807) is 12.4 Å². The Balaban J connectivity index is 1.44. The zero-order valence-electron chi connectivity index (χ0n) is 19.0. The molecular weight excluding hydrogens is 457 g/mol. The maximum absolute atomic E-state index is 13.2. The molecule has 0 saturated carbocycles. The van der Waals surface area contributed by atoms with Gasteiger partial charge in [-0.2, -0.15) is 13.2 Å². The molecule has 1 atom stereocenters. The number of allylic oxidation sites excluding steroid dienone is 1. The van der Waals surface area contributed by atoms with Crippen LogP contribution in [0.1, 0.15) is 11.1 Å². The zero-order valence-corrected chi connectivity index (χ0v) is 19.0. The van der Waals surface area contributed by atoms with E-state index in [0.29, 0.717) is 25.5 Å². The number of aromatic nitrogens is 1. The molecule has 1 aromatic heterocycles. The number of morpholine rings is 1. The summed E-state index contributed by atoms with van der Waals surface area (Å²) in [5.41, 5.74) is 2.31. The third kappa shape index (κ3) is 5.37. The summed E-state index contributed by atoms with van der Waals surface area (Å²) in [7, 11) is 0. The largest absolute Gasteiger partial charge is 0.416 e. The topological polar surface area (TPSA) is 50.2 Å². The Kier molecular flexibility index (Phi) is 6.81. The maximum atomic E-state index is 13.2. The number of ether oxygens (including phenoxy) is 2. The standard InChI is InChI=1S/C26H25F3N4O2/c27-26(28,29)21-5-7-22(8-6-21)33-24(20-4-3-19-2-1-10-30-23(19)18-20)9-11-31-25(33)35-17-14-32-12-15-34-16-13-32/h1-11,18,25H,12-17H2. The van der Waals surface area contributed by atoms with E-state index in [1.807, 2.05) is 41.3 Å². The molecule has 3 aromatic rings. The lowest BCUT2D eigenvalue weighted by atomic mass is 10.1. The third-order valence-electron chi connectivity index (χ3n) is 6.08. The second-order valence-corrected chi connectivity index (χ2v) is 8.33. The van der Waals surface area contributed by atoms with Crippen molar-refractivity contribution in [3.8, 4) is 0 Å². The van der Waals surface area contributed by atoms with E-state index < -0.39 is 18.1 Å². The molecule has 2 aliphatic heterocycles. The predicted octanol–water partition coefficient (Wildman–Crippen LogP) is 4.82. The minimum absolute atomic E-state index is 0.422. The van der Waals surface area contributed by atoms with Crippen molar-refractivity contribution < 1.29 is 22.6 Å². The summed E-state index contributed by atoms with van der Waals surface area (Å²) in [6, 6.07) is 14.8. The summed E-state index contributed by atoms with van der Waals surface area (Å²) < 4.78 is 51.1. The van der Waals surface area contributed by atoms with Crippen LogP contribution in [0.2, 0.25) is 0 Å². The molecule has 0 spiro atoms.